The van der Waals surface area contributed by atoms with Gasteiger partial charge in [0.05, 0.1) is 0 Å². The Labute approximate surface area is 67.4 Å². The van der Waals surface area contributed by atoms with Crippen molar-refractivity contribution in [3.05, 3.63) is 0 Å². The third-order valence-corrected chi connectivity index (χ3v) is 3.72. The van der Waals surface area contributed by atoms with Gasteiger partial charge in [0.1, 0.15) is 10.0 Å². The molecule has 1 N–H and O–H groups in total. The summed E-state index contributed by atoms with van der Waals surface area (Å²) in [5.41, 5.74) is 0. The van der Waals surface area contributed by atoms with Crippen LogP contribution < -0.4 is 0 Å². The highest BCUT2D eigenvalue weighted by molar-refractivity contribution is 8.46. The monoisotopic (exact) mass is 198 g/mol. The second-order valence-corrected chi connectivity index (χ2v) is 3.93. The molecule has 0 fully saturated rings. The first-order valence-electron chi connectivity index (χ1n) is 2.50. The van der Waals surface area contributed by atoms with Gasteiger partial charge in [0, 0.05) is 0 Å². The number of hydrogen-bond acceptors (Lipinski definition) is 4. The van der Waals surface area contributed by atoms with Crippen molar-refractivity contribution in [2.24, 2.45) is 0 Å². The summed E-state index contributed by atoms with van der Waals surface area (Å²) in [7, 11) is 0.172. The normalized spacial score (nSPS) is 16.2. The topological polar surface area (TPSA) is 70.3 Å². The SMILES string of the molecule is [2H]P(OC#N)C(SP)C(=O)O. The van der Waals surface area contributed by atoms with Crippen molar-refractivity contribution in [2.45, 2.75) is 4.99 Å². The molecule has 3 unspecified atom stereocenters. The number of nitriles is 1. The zero-order valence-electron chi connectivity index (χ0n) is 5.72. The molecule has 0 aliphatic carbocycles. The fraction of sp³-hybridized carbons (Fsp3) is 0.333. The lowest BCUT2D eigenvalue weighted by molar-refractivity contribution is -0.134. The smallest absolute Gasteiger partial charge is 0.324 e. The van der Waals surface area contributed by atoms with E-state index in [0.29, 0.717) is 0 Å². The van der Waals surface area contributed by atoms with Gasteiger partial charge in [-0.2, -0.15) is 5.26 Å². The van der Waals surface area contributed by atoms with Crippen LogP contribution in [0, 0.1) is 11.5 Å². The van der Waals surface area contributed by atoms with E-state index < -0.39 is 19.7 Å². The molecule has 7 heteroatoms. The van der Waals surface area contributed by atoms with Crippen LogP contribution in [0.4, 0.5) is 0 Å². The van der Waals surface area contributed by atoms with Crippen molar-refractivity contribution in [1.29, 1.82) is 6.54 Å². The summed E-state index contributed by atoms with van der Waals surface area (Å²) in [6.45, 7) is 0. The Morgan fingerprint density at radius 1 is 2.20 bits per heavy atom. The van der Waals surface area contributed by atoms with Crippen LogP contribution >= 0.6 is 28.6 Å². The quantitative estimate of drug-likeness (QED) is 0.539. The van der Waals surface area contributed by atoms with Crippen LogP contribution in [0.15, 0.2) is 0 Å². The van der Waals surface area contributed by atoms with Gasteiger partial charge in [-0.1, -0.05) is 8.44 Å². The summed E-state index contributed by atoms with van der Waals surface area (Å²) in [6, 6.07) is 0. The van der Waals surface area contributed by atoms with Crippen LogP contribution in [0.5, 0.6) is 0 Å². The summed E-state index contributed by atoms with van der Waals surface area (Å²) in [4.78, 5) is 9.34. The molecular formula is C3H5NO3P2S. The van der Waals surface area contributed by atoms with E-state index in [4.69, 9.17) is 11.6 Å². The Bertz CT molecular complexity index is 186. The molecule has 0 radical (unpaired) electrons. The van der Waals surface area contributed by atoms with Crippen LogP contribution in [-0.4, -0.2) is 17.3 Å². The zero-order chi connectivity index (χ0) is 8.85. The van der Waals surface area contributed by atoms with Gasteiger partial charge in [-0.15, -0.1) is 11.4 Å². The first-order chi connectivity index (χ1) is 5.13. The molecule has 0 aromatic carbocycles. The Morgan fingerprint density at radius 2 is 2.80 bits per heavy atom. The van der Waals surface area contributed by atoms with Gasteiger partial charge < -0.3 is 9.63 Å². The number of nitrogens with zero attached hydrogens (tertiary/aromatic N) is 1. The molecule has 0 aromatic rings. The van der Waals surface area contributed by atoms with Gasteiger partial charge in [0.25, 0.3) is 6.26 Å². The van der Waals surface area contributed by atoms with E-state index in [2.05, 4.69) is 13.0 Å². The predicted octanol–water partition coefficient (Wildman–Crippen LogP) is 1.01. The lowest BCUT2D eigenvalue weighted by Gasteiger charge is -2.03. The summed E-state index contributed by atoms with van der Waals surface area (Å²) < 4.78 is 11.2. The minimum Gasteiger partial charge on any atom is -0.480 e. The third-order valence-electron chi connectivity index (χ3n) is 0.529. The van der Waals surface area contributed by atoms with Crippen molar-refractivity contribution >= 4 is 34.5 Å². The van der Waals surface area contributed by atoms with Crippen molar-refractivity contribution < 1.29 is 14.4 Å². The molecular weight excluding hydrogens is 192 g/mol. The molecule has 56 valence electrons. The van der Waals surface area contributed by atoms with Gasteiger partial charge in [-0.05, 0) is 0 Å². The molecule has 0 aliphatic heterocycles. The van der Waals surface area contributed by atoms with Crippen molar-refractivity contribution in [2.75, 3.05) is 0 Å². The fourth-order valence-corrected chi connectivity index (χ4v) is 1.67. The molecule has 0 saturated heterocycles. The Kier molecular flexibility index (Phi) is 4.63. The number of carboxylic acids is 1. The van der Waals surface area contributed by atoms with Crippen molar-refractivity contribution in [1.82, 2.24) is 0 Å². The number of carbonyl (C=O) groups is 1. The fourth-order valence-electron chi connectivity index (χ4n) is 0.200. The third kappa shape index (κ3) is 3.90. The summed E-state index contributed by atoms with van der Waals surface area (Å²) in [5.74, 6) is -1.14. The van der Waals surface area contributed by atoms with E-state index in [0.717, 1.165) is 11.4 Å². The predicted molar refractivity (Wildman–Crippen MR) is 43.7 cm³/mol. The van der Waals surface area contributed by atoms with E-state index in [-0.39, 0.29) is 0 Å². The van der Waals surface area contributed by atoms with E-state index in [9.17, 15) is 4.79 Å². The number of aliphatic carboxylic acids is 1. The van der Waals surface area contributed by atoms with Gasteiger partial charge in [0.2, 0.25) is 0 Å². The zero-order valence-corrected chi connectivity index (χ0v) is 7.59. The molecule has 0 heterocycles. The highest BCUT2D eigenvalue weighted by Gasteiger charge is 2.16. The molecule has 0 rings (SSSR count). The van der Waals surface area contributed by atoms with Crippen LogP contribution in [0.2, 0.25) is 0 Å². The molecule has 3 atom stereocenters. The molecule has 0 aromatic heterocycles. The Hall–Kier alpha value is -0.0300. The lowest BCUT2D eigenvalue weighted by atomic mass is 10.8. The second kappa shape index (κ2) is 5.73. The van der Waals surface area contributed by atoms with Crippen LogP contribution in [-0.2, 0) is 9.32 Å². The highest BCUT2D eigenvalue weighted by Crippen LogP contribution is 2.34. The summed E-state index contributed by atoms with van der Waals surface area (Å²) in [5, 5.41) is 16.4. The van der Waals surface area contributed by atoms with E-state index >= 15 is 0 Å². The van der Waals surface area contributed by atoms with Crippen molar-refractivity contribution in [3.63, 3.8) is 0 Å². The minimum absolute atomic E-state index is 0.908. The van der Waals surface area contributed by atoms with Gasteiger partial charge in [-0.25, -0.2) is 0 Å². The largest absolute Gasteiger partial charge is 0.480 e. The van der Waals surface area contributed by atoms with Crippen LogP contribution in [0.25, 0.3) is 0 Å². The molecule has 4 nitrogen and oxygen atoms in total. The van der Waals surface area contributed by atoms with Crippen LogP contribution in [0.1, 0.15) is 0 Å². The van der Waals surface area contributed by atoms with Crippen molar-refractivity contribution in [3.8, 4) is 6.26 Å². The summed E-state index contributed by atoms with van der Waals surface area (Å²) in [6.07, 6.45) is 1.29. The second-order valence-electron chi connectivity index (χ2n) is 1.11. The first kappa shape index (κ1) is 8.07. The molecule has 10 heavy (non-hydrogen) atoms. The number of rotatable bonds is 4. The lowest BCUT2D eigenvalue weighted by Crippen LogP contribution is -2.08. The van der Waals surface area contributed by atoms with Gasteiger partial charge >= 0.3 is 5.97 Å². The average Bonchev–Trinajstić information content (AvgIpc) is 1.88. The number of carboxylic acid groups (broad SMARTS) is 1. The first-order valence-corrected chi connectivity index (χ1v) is 5.29. The maximum atomic E-state index is 10.3. The molecule has 0 saturated carbocycles. The average molecular weight is 198 g/mol. The summed E-state index contributed by atoms with van der Waals surface area (Å²) >= 11 is 0.908. The van der Waals surface area contributed by atoms with Gasteiger partial charge in [-0.3, -0.25) is 4.79 Å². The maximum absolute atomic E-state index is 10.3. The number of hydrogen-bond donors (Lipinski definition) is 1. The highest BCUT2D eigenvalue weighted by atomic mass is 32.7. The standard InChI is InChI=1S/C3H5NO3P2S/c4-1-7-9-3(10-8)2(5)6/h3,9H,8H2,(H,5,6)/i9D. The molecule has 0 spiro atoms. The molecule has 0 amide bonds. The van der Waals surface area contributed by atoms with Gasteiger partial charge in [0.15, 0.2) is 4.99 Å². The van der Waals surface area contributed by atoms with Crippen LogP contribution in [0.3, 0.4) is 0 Å². The molecule has 0 bridgehead atoms. The Morgan fingerprint density at radius 3 is 3.10 bits per heavy atom. The Balaban J connectivity index is 4.04. The maximum Gasteiger partial charge on any atom is 0.324 e. The molecule has 0 aliphatic rings. The van der Waals surface area contributed by atoms with E-state index in [1.54, 1.807) is 0 Å². The van der Waals surface area contributed by atoms with E-state index in [1.165, 1.54) is 6.26 Å². The van der Waals surface area contributed by atoms with E-state index in [1.807, 2.05) is 0 Å². The minimum atomic E-state index is -1.95.